The molecular weight excluding hydrogens is 350 g/mol. The van der Waals surface area contributed by atoms with Gasteiger partial charge in [-0.25, -0.2) is 0 Å². The Kier molecular flexibility index (Phi) is 5.01. The second-order valence-corrected chi connectivity index (χ2v) is 7.62. The van der Waals surface area contributed by atoms with E-state index in [1.54, 1.807) is 18.2 Å². The molecule has 0 radical (unpaired) electrons. The number of nitro benzene ring substituents is 1. The predicted molar refractivity (Wildman–Crippen MR) is 110 cm³/mol. The Hall–Kier alpha value is -2.92. The molecule has 1 unspecified atom stereocenters. The van der Waals surface area contributed by atoms with Crippen molar-refractivity contribution < 1.29 is 4.92 Å². The van der Waals surface area contributed by atoms with Crippen LogP contribution in [0.2, 0.25) is 0 Å². The summed E-state index contributed by atoms with van der Waals surface area (Å²) in [5.41, 5.74) is 6.18. The molecule has 1 atom stereocenters. The topological polar surface area (TPSA) is 51.3 Å². The van der Waals surface area contributed by atoms with E-state index in [0.29, 0.717) is 0 Å². The molecule has 0 bridgehead atoms. The third-order valence-corrected chi connectivity index (χ3v) is 5.71. The van der Waals surface area contributed by atoms with Crippen molar-refractivity contribution in [2.45, 2.75) is 39.4 Å². The number of fused-ring (bicyclic) bond motifs is 1. The van der Waals surface area contributed by atoms with E-state index < -0.39 is 0 Å². The molecule has 0 N–H and O–H groups in total. The first-order valence-corrected chi connectivity index (χ1v) is 9.72. The number of hydrogen-bond acceptors (Lipinski definition) is 3. The van der Waals surface area contributed by atoms with Crippen LogP contribution in [0.5, 0.6) is 0 Å². The van der Waals surface area contributed by atoms with Gasteiger partial charge in [-0.3, -0.25) is 15.0 Å². The molecule has 28 heavy (non-hydrogen) atoms. The fourth-order valence-electron chi connectivity index (χ4n) is 4.14. The summed E-state index contributed by atoms with van der Waals surface area (Å²) >= 11 is 0. The minimum atomic E-state index is -0.313. The van der Waals surface area contributed by atoms with Crippen LogP contribution in [0.1, 0.15) is 40.4 Å². The lowest BCUT2D eigenvalue weighted by Crippen LogP contribution is -2.29. The van der Waals surface area contributed by atoms with E-state index in [2.05, 4.69) is 59.8 Å². The lowest BCUT2D eigenvalue weighted by Gasteiger charge is -2.30. The van der Waals surface area contributed by atoms with Crippen LogP contribution in [-0.2, 0) is 13.1 Å². The van der Waals surface area contributed by atoms with Crippen LogP contribution in [0.25, 0.3) is 0 Å². The second-order valence-electron chi connectivity index (χ2n) is 7.62. The standard InChI is InChI=1S/C23H25N3O2/c1-17-9-10-19(14-18(17)2)16-25-13-5-12-24-11-4-8-22(24)23(25)20-6-3-7-21(15-20)26(27)28/h3-4,6-11,14-15,23H,5,12-13,16H2,1-2H3. The summed E-state index contributed by atoms with van der Waals surface area (Å²) in [6, 6.07) is 17.9. The van der Waals surface area contributed by atoms with Crippen molar-refractivity contribution in [2.75, 3.05) is 6.54 Å². The van der Waals surface area contributed by atoms with E-state index in [0.717, 1.165) is 31.6 Å². The largest absolute Gasteiger partial charge is 0.350 e. The Morgan fingerprint density at radius 1 is 1.04 bits per heavy atom. The Morgan fingerprint density at radius 2 is 1.89 bits per heavy atom. The molecule has 5 nitrogen and oxygen atoms in total. The van der Waals surface area contributed by atoms with E-state index in [4.69, 9.17) is 0 Å². The first-order valence-electron chi connectivity index (χ1n) is 9.72. The molecule has 1 aliphatic heterocycles. The fraction of sp³-hybridized carbons (Fsp3) is 0.304. The van der Waals surface area contributed by atoms with Gasteiger partial charge in [0.05, 0.1) is 11.0 Å². The van der Waals surface area contributed by atoms with E-state index in [1.807, 2.05) is 6.07 Å². The summed E-state index contributed by atoms with van der Waals surface area (Å²) in [6.07, 6.45) is 3.16. The van der Waals surface area contributed by atoms with Gasteiger partial charge in [0.25, 0.3) is 5.69 Å². The smallest absolute Gasteiger partial charge is 0.269 e. The van der Waals surface area contributed by atoms with Gasteiger partial charge >= 0.3 is 0 Å². The van der Waals surface area contributed by atoms with Crippen LogP contribution in [0.15, 0.2) is 60.8 Å². The summed E-state index contributed by atoms with van der Waals surface area (Å²) in [6.45, 7) is 7.01. The van der Waals surface area contributed by atoms with E-state index in [1.165, 1.54) is 22.4 Å². The molecule has 2 aromatic carbocycles. The van der Waals surface area contributed by atoms with Crippen molar-refractivity contribution in [3.05, 3.63) is 98.9 Å². The molecular formula is C23H25N3O2. The average molecular weight is 375 g/mol. The normalized spacial score (nSPS) is 17.1. The Bertz CT molecular complexity index is 1010. The second kappa shape index (κ2) is 7.60. The maximum Gasteiger partial charge on any atom is 0.269 e. The first kappa shape index (κ1) is 18.4. The Balaban J connectivity index is 1.76. The molecule has 0 aliphatic carbocycles. The molecule has 0 spiro atoms. The van der Waals surface area contributed by atoms with Gasteiger partial charge in [-0.05, 0) is 54.7 Å². The van der Waals surface area contributed by atoms with E-state index in [-0.39, 0.29) is 16.7 Å². The summed E-state index contributed by atoms with van der Waals surface area (Å²) < 4.78 is 2.28. The summed E-state index contributed by atoms with van der Waals surface area (Å²) in [5.74, 6) is 0. The molecule has 144 valence electrons. The zero-order valence-electron chi connectivity index (χ0n) is 16.3. The Labute approximate surface area is 165 Å². The molecule has 0 saturated carbocycles. The molecule has 0 fully saturated rings. The van der Waals surface area contributed by atoms with Crippen LogP contribution in [0.3, 0.4) is 0 Å². The predicted octanol–water partition coefficient (Wildman–Crippen LogP) is 5.01. The minimum absolute atomic E-state index is 0.000917. The van der Waals surface area contributed by atoms with E-state index in [9.17, 15) is 10.1 Å². The van der Waals surface area contributed by atoms with Crippen LogP contribution in [0, 0.1) is 24.0 Å². The summed E-state index contributed by atoms with van der Waals surface area (Å²) in [7, 11) is 0. The average Bonchev–Trinajstić information content (AvgIpc) is 3.06. The van der Waals surface area contributed by atoms with Gasteiger partial charge in [-0.2, -0.15) is 0 Å². The molecule has 0 saturated heterocycles. The molecule has 1 aliphatic rings. The maximum absolute atomic E-state index is 11.3. The summed E-state index contributed by atoms with van der Waals surface area (Å²) in [4.78, 5) is 13.5. The van der Waals surface area contributed by atoms with Crippen molar-refractivity contribution in [3.63, 3.8) is 0 Å². The monoisotopic (exact) mass is 375 g/mol. The summed E-state index contributed by atoms with van der Waals surface area (Å²) in [5, 5.41) is 11.3. The molecule has 3 aromatic rings. The Morgan fingerprint density at radius 3 is 2.68 bits per heavy atom. The van der Waals surface area contributed by atoms with Gasteiger partial charge in [-0.1, -0.05) is 30.3 Å². The highest BCUT2D eigenvalue weighted by Crippen LogP contribution is 2.34. The van der Waals surface area contributed by atoms with Crippen molar-refractivity contribution in [1.82, 2.24) is 9.47 Å². The highest BCUT2D eigenvalue weighted by atomic mass is 16.6. The number of nitro groups is 1. The third-order valence-electron chi connectivity index (χ3n) is 5.71. The molecule has 0 amide bonds. The number of non-ortho nitro benzene ring substituents is 1. The quantitative estimate of drug-likeness (QED) is 0.476. The van der Waals surface area contributed by atoms with Crippen molar-refractivity contribution in [3.8, 4) is 0 Å². The SMILES string of the molecule is Cc1ccc(CN2CCCn3cccc3C2c2cccc([N+](=O)[O-])c2)cc1C. The van der Waals surface area contributed by atoms with Crippen LogP contribution in [0.4, 0.5) is 5.69 Å². The van der Waals surface area contributed by atoms with Gasteiger partial charge in [0.15, 0.2) is 0 Å². The van der Waals surface area contributed by atoms with Crippen molar-refractivity contribution in [2.24, 2.45) is 0 Å². The maximum atomic E-state index is 11.3. The van der Waals surface area contributed by atoms with Crippen LogP contribution < -0.4 is 0 Å². The zero-order valence-corrected chi connectivity index (χ0v) is 16.3. The number of aryl methyl sites for hydroxylation is 3. The van der Waals surface area contributed by atoms with Gasteiger partial charge < -0.3 is 4.57 Å². The number of hydrogen-bond donors (Lipinski definition) is 0. The van der Waals surface area contributed by atoms with Gasteiger partial charge in [0, 0.05) is 43.7 Å². The highest BCUT2D eigenvalue weighted by Gasteiger charge is 2.28. The molecule has 2 heterocycles. The van der Waals surface area contributed by atoms with Gasteiger partial charge in [0.1, 0.15) is 0 Å². The lowest BCUT2D eigenvalue weighted by molar-refractivity contribution is -0.384. The first-order chi connectivity index (χ1) is 13.5. The van der Waals surface area contributed by atoms with Crippen molar-refractivity contribution in [1.29, 1.82) is 0 Å². The van der Waals surface area contributed by atoms with Gasteiger partial charge in [0.2, 0.25) is 0 Å². The molecule has 1 aromatic heterocycles. The number of rotatable bonds is 4. The number of benzene rings is 2. The lowest BCUT2D eigenvalue weighted by atomic mass is 9.99. The van der Waals surface area contributed by atoms with Crippen LogP contribution >= 0.6 is 0 Å². The molecule has 4 rings (SSSR count). The number of aromatic nitrogens is 1. The zero-order chi connectivity index (χ0) is 19.7. The van der Waals surface area contributed by atoms with E-state index >= 15 is 0 Å². The molecule has 5 heteroatoms. The highest BCUT2D eigenvalue weighted by molar-refractivity contribution is 5.39. The third kappa shape index (κ3) is 3.58. The number of nitrogens with zero attached hydrogens (tertiary/aromatic N) is 3. The fourth-order valence-corrected chi connectivity index (χ4v) is 4.14. The van der Waals surface area contributed by atoms with Crippen molar-refractivity contribution >= 4 is 5.69 Å². The minimum Gasteiger partial charge on any atom is -0.350 e. The van der Waals surface area contributed by atoms with Gasteiger partial charge in [-0.15, -0.1) is 0 Å². The van der Waals surface area contributed by atoms with Crippen LogP contribution in [-0.4, -0.2) is 20.9 Å².